The van der Waals surface area contributed by atoms with E-state index in [9.17, 15) is 4.79 Å². The molecule has 1 aliphatic heterocycles. The number of carboxylic acids is 1. The Morgan fingerprint density at radius 1 is 1.79 bits per heavy atom. The molecular weight excluding hydrogens is 200 g/mol. The van der Waals surface area contributed by atoms with Crippen LogP contribution in [-0.2, 0) is 6.42 Å². The second-order valence-electron chi connectivity index (χ2n) is 3.42. The average molecular weight is 212 g/mol. The summed E-state index contributed by atoms with van der Waals surface area (Å²) in [5.74, 6) is -0.881. The third kappa shape index (κ3) is 2.10. The Morgan fingerprint density at radius 2 is 2.64 bits per heavy atom. The fraction of sp³-hybridized carbons (Fsp3) is 0.556. The molecule has 0 aliphatic carbocycles. The Kier molecular flexibility index (Phi) is 2.79. The Morgan fingerprint density at radius 3 is 3.21 bits per heavy atom. The van der Waals surface area contributed by atoms with Crippen LogP contribution in [0.25, 0.3) is 0 Å². The summed E-state index contributed by atoms with van der Waals surface area (Å²) >= 11 is 1.28. The molecule has 0 bridgehead atoms. The van der Waals surface area contributed by atoms with Gasteiger partial charge in [0.2, 0.25) is 0 Å². The molecule has 0 saturated carbocycles. The van der Waals surface area contributed by atoms with Crippen LogP contribution in [0.4, 0.5) is 0 Å². The first-order valence-corrected chi connectivity index (χ1v) is 5.49. The lowest BCUT2D eigenvalue weighted by molar-refractivity contribution is 0.0702. The summed E-state index contributed by atoms with van der Waals surface area (Å²) in [4.78, 5) is 15.0. The molecule has 1 aromatic rings. The van der Waals surface area contributed by atoms with Crippen LogP contribution in [0.5, 0.6) is 0 Å². The molecule has 0 aromatic carbocycles. The van der Waals surface area contributed by atoms with Crippen LogP contribution < -0.4 is 5.32 Å². The zero-order valence-corrected chi connectivity index (χ0v) is 8.51. The SMILES string of the molecule is O=C(O)c1cnc(CC2CCCN2)s1. The number of aromatic nitrogens is 1. The molecule has 1 atom stereocenters. The molecule has 0 spiro atoms. The van der Waals surface area contributed by atoms with Crippen LogP contribution in [0.3, 0.4) is 0 Å². The molecule has 0 radical (unpaired) electrons. The Hall–Kier alpha value is -0.940. The van der Waals surface area contributed by atoms with Gasteiger partial charge < -0.3 is 10.4 Å². The zero-order valence-electron chi connectivity index (χ0n) is 7.69. The van der Waals surface area contributed by atoms with Crippen LogP contribution >= 0.6 is 11.3 Å². The van der Waals surface area contributed by atoms with Gasteiger partial charge in [0.05, 0.1) is 11.2 Å². The summed E-state index contributed by atoms with van der Waals surface area (Å²) in [7, 11) is 0. The van der Waals surface area contributed by atoms with Crippen LogP contribution in [-0.4, -0.2) is 28.6 Å². The van der Waals surface area contributed by atoms with E-state index in [-0.39, 0.29) is 0 Å². The van der Waals surface area contributed by atoms with Crippen molar-refractivity contribution in [3.05, 3.63) is 16.1 Å². The van der Waals surface area contributed by atoms with Gasteiger partial charge in [-0.3, -0.25) is 0 Å². The Bertz CT molecular complexity index is 331. The number of nitrogens with zero attached hydrogens (tertiary/aromatic N) is 1. The predicted molar refractivity (Wildman–Crippen MR) is 53.8 cm³/mol. The van der Waals surface area contributed by atoms with Crippen LogP contribution in [0.15, 0.2) is 6.20 Å². The van der Waals surface area contributed by atoms with E-state index in [0.29, 0.717) is 10.9 Å². The number of hydrogen-bond acceptors (Lipinski definition) is 4. The highest BCUT2D eigenvalue weighted by Crippen LogP contribution is 2.17. The van der Waals surface area contributed by atoms with Gasteiger partial charge in [0.15, 0.2) is 0 Å². The molecule has 2 rings (SSSR count). The maximum atomic E-state index is 10.6. The minimum atomic E-state index is -0.881. The topological polar surface area (TPSA) is 62.2 Å². The molecule has 76 valence electrons. The maximum absolute atomic E-state index is 10.6. The number of hydrogen-bond donors (Lipinski definition) is 2. The Balaban J connectivity index is 1.98. The van der Waals surface area contributed by atoms with Gasteiger partial charge >= 0.3 is 5.97 Å². The van der Waals surface area contributed by atoms with Gasteiger partial charge in [-0.05, 0) is 19.4 Å². The first-order chi connectivity index (χ1) is 6.75. The first kappa shape index (κ1) is 9.61. The second-order valence-corrected chi connectivity index (χ2v) is 4.54. The smallest absolute Gasteiger partial charge is 0.347 e. The van der Waals surface area contributed by atoms with Gasteiger partial charge in [0.1, 0.15) is 4.88 Å². The molecule has 5 heteroatoms. The highest BCUT2D eigenvalue weighted by molar-refractivity contribution is 7.13. The molecule has 2 N–H and O–H groups in total. The van der Waals surface area contributed by atoms with E-state index >= 15 is 0 Å². The van der Waals surface area contributed by atoms with Crippen molar-refractivity contribution in [2.45, 2.75) is 25.3 Å². The van der Waals surface area contributed by atoms with Gasteiger partial charge in [-0.1, -0.05) is 0 Å². The molecule has 2 heterocycles. The maximum Gasteiger partial charge on any atom is 0.347 e. The normalized spacial score (nSPS) is 21.3. The highest BCUT2D eigenvalue weighted by Gasteiger charge is 2.17. The first-order valence-electron chi connectivity index (χ1n) is 4.67. The third-order valence-corrected chi connectivity index (χ3v) is 3.36. The second kappa shape index (κ2) is 4.06. The molecule has 1 aromatic heterocycles. The van der Waals surface area contributed by atoms with Crippen LogP contribution in [0, 0.1) is 0 Å². The molecule has 1 aliphatic rings. The lowest BCUT2D eigenvalue weighted by atomic mass is 10.2. The summed E-state index contributed by atoms with van der Waals surface area (Å²) in [5.41, 5.74) is 0. The van der Waals surface area contributed by atoms with Crippen molar-refractivity contribution >= 4 is 17.3 Å². The van der Waals surface area contributed by atoms with Gasteiger partial charge in [-0.2, -0.15) is 0 Å². The van der Waals surface area contributed by atoms with Crippen molar-refractivity contribution in [1.82, 2.24) is 10.3 Å². The fourth-order valence-corrected chi connectivity index (χ4v) is 2.48. The molecule has 1 fully saturated rings. The lowest BCUT2D eigenvalue weighted by Crippen LogP contribution is -2.23. The van der Waals surface area contributed by atoms with Crippen molar-refractivity contribution < 1.29 is 9.90 Å². The predicted octanol–water partition coefficient (Wildman–Crippen LogP) is 1.14. The minimum absolute atomic E-state index is 0.331. The number of carbonyl (C=O) groups is 1. The van der Waals surface area contributed by atoms with E-state index in [4.69, 9.17) is 5.11 Å². The standard InChI is InChI=1S/C9H12N2O2S/c12-9(13)7-5-11-8(14-7)4-6-2-1-3-10-6/h5-6,10H,1-4H2,(H,12,13). The quantitative estimate of drug-likeness (QED) is 0.788. The van der Waals surface area contributed by atoms with Gasteiger partial charge in [0, 0.05) is 12.5 Å². The monoisotopic (exact) mass is 212 g/mol. The van der Waals surface area contributed by atoms with Crippen molar-refractivity contribution in [2.75, 3.05) is 6.54 Å². The van der Waals surface area contributed by atoms with Crippen LogP contribution in [0.2, 0.25) is 0 Å². The molecule has 1 saturated heterocycles. The van der Waals surface area contributed by atoms with Gasteiger partial charge in [-0.25, -0.2) is 9.78 Å². The molecule has 14 heavy (non-hydrogen) atoms. The van der Waals surface area contributed by atoms with E-state index in [1.54, 1.807) is 0 Å². The third-order valence-electron chi connectivity index (χ3n) is 2.35. The van der Waals surface area contributed by atoms with Crippen LogP contribution in [0.1, 0.15) is 27.5 Å². The van der Waals surface area contributed by atoms with E-state index < -0.39 is 5.97 Å². The number of thiazole rings is 1. The number of carboxylic acid groups (broad SMARTS) is 1. The summed E-state index contributed by atoms with van der Waals surface area (Å²) in [5, 5.41) is 13.0. The summed E-state index contributed by atoms with van der Waals surface area (Å²) in [6.07, 6.45) is 4.68. The van der Waals surface area contributed by atoms with Crippen molar-refractivity contribution in [1.29, 1.82) is 0 Å². The zero-order chi connectivity index (χ0) is 9.97. The number of nitrogens with one attached hydrogen (secondary N) is 1. The van der Waals surface area contributed by atoms with E-state index in [2.05, 4.69) is 10.3 Å². The van der Waals surface area contributed by atoms with E-state index in [1.165, 1.54) is 30.4 Å². The van der Waals surface area contributed by atoms with Gasteiger partial charge in [-0.15, -0.1) is 11.3 Å². The minimum Gasteiger partial charge on any atom is -0.477 e. The van der Waals surface area contributed by atoms with Crippen molar-refractivity contribution in [2.24, 2.45) is 0 Å². The Labute approximate surface area is 86.0 Å². The highest BCUT2D eigenvalue weighted by atomic mass is 32.1. The van der Waals surface area contributed by atoms with Crippen molar-refractivity contribution in [3.8, 4) is 0 Å². The number of aromatic carboxylic acids is 1. The van der Waals surface area contributed by atoms with Gasteiger partial charge in [0.25, 0.3) is 0 Å². The summed E-state index contributed by atoms with van der Waals surface area (Å²) < 4.78 is 0. The molecule has 0 amide bonds. The number of rotatable bonds is 3. The summed E-state index contributed by atoms with van der Waals surface area (Å²) in [6.45, 7) is 1.07. The lowest BCUT2D eigenvalue weighted by Gasteiger charge is -2.05. The average Bonchev–Trinajstić information content (AvgIpc) is 2.75. The van der Waals surface area contributed by atoms with E-state index in [0.717, 1.165) is 18.0 Å². The summed E-state index contributed by atoms with van der Waals surface area (Å²) in [6, 6.07) is 0.489. The largest absolute Gasteiger partial charge is 0.477 e. The van der Waals surface area contributed by atoms with Crippen molar-refractivity contribution in [3.63, 3.8) is 0 Å². The molecule has 4 nitrogen and oxygen atoms in total. The molecule has 1 unspecified atom stereocenters. The fourth-order valence-electron chi connectivity index (χ4n) is 1.65. The molecular formula is C9H12N2O2S. The van der Waals surface area contributed by atoms with E-state index in [1.807, 2.05) is 0 Å².